The van der Waals surface area contributed by atoms with E-state index in [4.69, 9.17) is 14.7 Å². The fourth-order valence-corrected chi connectivity index (χ4v) is 3.78. The Bertz CT molecular complexity index is 692. The summed E-state index contributed by atoms with van der Waals surface area (Å²) in [5.74, 6) is 1.73. The van der Waals surface area contributed by atoms with Crippen LogP contribution in [0.3, 0.4) is 0 Å². The minimum atomic E-state index is -0.187. The number of hydrogen-bond donors (Lipinski definition) is 0. The Kier molecular flexibility index (Phi) is 9.68. The van der Waals surface area contributed by atoms with Crippen LogP contribution in [-0.2, 0) is 4.74 Å². The third-order valence-corrected chi connectivity index (χ3v) is 6.20. The van der Waals surface area contributed by atoms with Gasteiger partial charge in [0.15, 0.2) is 0 Å². The molecule has 0 aliphatic carbocycles. The molecule has 144 valence electrons. The zero-order valence-electron chi connectivity index (χ0n) is 16.6. The predicted octanol–water partition coefficient (Wildman–Crippen LogP) is 4.99. The van der Waals surface area contributed by atoms with E-state index in [2.05, 4.69) is 32.0 Å². The van der Waals surface area contributed by atoms with Gasteiger partial charge in [-0.1, -0.05) is 44.5 Å². The molecule has 2 rings (SSSR count). The topological polar surface area (TPSA) is 42.2 Å². The lowest BCUT2D eigenvalue weighted by atomic mass is 10.0. The molecule has 0 fully saturated rings. The van der Waals surface area contributed by atoms with Crippen molar-refractivity contribution >= 4 is 9.52 Å². The van der Waals surface area contributed by atoms with E-state index in [1.54, 1.807) is 0 Å². The number of nitriles is 1. The minimum absolute atomic E-state index is 0.187. The molecule has 0 N–H and O–H groups in total. The lowest BCUT2D eigenvalue weighted by molar-refractivity contribution is 0.167. The first-order valence-corrected chi connectivity index (χ1v) is 12.0. The molecule has 3 nitrogen and oxygen atoms in total. The van der Waals surface area contributed by atoms with E-state index >= 15 is 0 Å². The van der Waals surface area contributed by atoms with Crippen LogP contribution in [-0.4, -0.2) is 29.0 Å². The highest BCUT2D eigenvalue weighted by Crippen LogP contribution is 2.22. The van der Waals surface area contributed by atoms with E-state index < -0.39 is 0 Å². The normalized spacial score (nSPS) is 12.2. The largest absolute Gasteiger partial charge is 0.494 e. The summed E-state index contributed by atoms with van der Waals surface area (Å²) in [5, 5.41) is 8.87. The molecule has 0 spiro atoms. The van der Waals surface area contributed by atoms with E-state index in [1.165, 1.54) is 19.3 Å². The highest BCUT2D eigenvalue weighted by Gasteiger charge is 2.01. The molecule has 2 aromatic carbocycles. The first-order valence-electron chi connectivity index (χ1n) is 10.0. The van der Waals surface area contributed by atoms with E-state index in [-0.39, 0.29) is 9.52 Å². The van der Waals surface area contributed by atoms with Crippen LogP contribution in [0.25, 0.3) is 11.1 Å². The minimum Gasteiger partial charge on any atom is -0.494 e. The summed E-state index contributed by atoms with van der Waals surface area (Å²) < 4.78 is 11.6. The van der Waals surface area contributed by atoms with Crippen LogP contribution in [0.4, 0.5) is 0 Å². The molecule has 0 amide bonds. The molecule has 27 heavy (non-hydrogen) atoms. The average Bonchev–Trinajstić information content (AvgIpc) is 2.73. The van der Waals surface area contributed by atoms with E-state index in [9.17, 15) is 0 Å². The van der Waals surface area contributed by atoms with Gasteiger partial charge in [0.1, 0.15) is 5.75 Å². The maximum Gasteiger partial charge on any atom is 0.119 e. The number of ether oxygens (including phenoxy) is 2. The van der Waals surface area contributed by atoms with E-state index in [0.29, 0.717) is 5.56 Å². The molecule has 0 heterocycles. The summed E-state index contributed by atoms with van der Waals surface area (Å²) in [6.07, 6.45) is 4.69. The first-order chi connectivity index (χ1) is 13.2. The molecule has 0 bridgehead atoms. The molecule has 0 saturated heterocycles. The predicted molar refractivity (Wildman–Crippen MR) is 115 cm³/mol. The summed E-state index contributed by atoms with van der Waals surface area (Å²) >= 11 is 0. The number of rotatable bonds is 12. The quantitative estimate of drug-likeness (QED) is 0.384. The Labute approximate surface area is 166 Å². The molecule has 0 radical (unpaired) electrons. The number of benzene rings is 2. The van der Waals surface area contributed by atoms with Crippen molar-refractivity contribution in [2.24, 2.45) is 5.92 Å². The van der Waals surface area contributed by atoms with Crippen molar-refractivity contribution in [3.63, 3.8) is 0 Å². The Balaban J connectivity index is 1.59. The highest BCUT2D eigenvalue weighted by atomic mass is 28.2. The van der Waals surface area contributed by atoms with Crippen LogP contribution < -0.4 is 4.74 Å². The van der Waals surface area contributed by atoms with Gasteiger partial charge in [-0.15, -0.1) is 0 Å². The third-order valence-electron chi connectivity index (χ3n) is 4.84. The van der Waals surface area contributed by atoms with E-state index in [1.807, 2.05) is 36.4 Å². The van der Waals surface area contributed by atoms with Gasteiger partial charge in [0, 0.05) is 12.8 Å². The van der Waals surface area contributed by atoms with Gasteiger partial charge in [0.25, 0.3) is 0 Å². The fourth-order valence-electron chi connectivity index (χ4n) is 2.82. The van der Waals surface area contributed by atoms with Crippen molar-refractivity contribution in [1.82, 2.24) is 0 Å². The SMILES string of the molecule is CCC(C)CCCOC[SiH2]CCOc1ccc(-c2ccc(C#N)cc2)cc1. The van der Waals surface area contributed by atoms with Crippen LogP contribution >= 0.6 is 0 Å². The second kappa shape index (κ2) is 12.3. The van der Waals surface area contributed by atoms with Crippen LogP contribution in [0.1, 0.15) is 38.7 Å². The van der Waals surface area contributed by atoms with Gasteiger partial charge < -0.3 is 9.47 Å². The molecule has 0 aromatic heterocycles. The van der Waals surface area contributed by atoms with Crippen molar-refractivity contribution in [2.75, 3.05) is 19.4 Å². The fraction of sp³-hybridized carbons (Fsp3) is 0.435. The smallest absolute Gasteiger partial charge is 0.119 e. The van der Waals surface area contributed by atoms with Crippen LogP contribution in [0, 0.1) is 17.2 Å². The molecule has 2 aromatic rings. The number of hydrogen-bond acceptors (Lipinski definition) is 3. The third kappa shape index (κ3) is 7.98. The lowest BCUT2D eigenvalue weighted by Crippen LogP contribution is -2.09. The highest BCUT2D eigenvalue weighted by molar-refractivity contribution is 6.35. The number of nitrogens with zero attached hydrogens (tertiary/aromatic N) is 1. The van der Waals surface area contributed by atoms with Gasteiger partial charge in [-0.25, -0.2) is 0 Å². The molecule has 1 atom stereocenters. The molecular weight excluding hydrogens is 350 g/mol. The van der Waals surface area contributed by atoms with Gasteiger partial charge >= 0.3 is 0 Å². The average molecular weight is 382 g/mol. The van der Waals surface area contributed by atoms with Crippen molar-refractivity contribution in [3.05, 3.63) is 54.1 Å². The molecule has 1 unspecified atom stereocenters. The second-order valence-corrected chi connectivity index (χ2v) is 8.86. The molecule has 0 aliphatic rings. The Morgan fingerprint density at radius 3 is 2.30 bits per heavy atom. The summed E-state index contributed by atoms with van der Waals surface area (Å²) in [4.78, 5) is 0. The summed E-state index contributed by atoms with van der Waals surface area (Å²) in [6, 6.07) is 19.1. The molecule has 0 aliphatic heterocycles. The van der Waals surface area contributed by atoms with Crippen LogP contribution in [0.15, 0.2) is 48.5 Å². The van der Waals surface area contributed by atoms with Crippen LogP contribution in [0.2, 0.25) is 6.04 Å². The molecular formula is C23H31NO2Si. The zero-order chi connectivity index (χ0) is 19.3. The Morgan fingerprint density at radius 1 is 1.00 bits per heavy atom. The van der Waals surface area contributed by atoms with Crippen molar-refractivity contribution in [3.8, 4) is 22.9 Å². The van der Waals surface area contributed by atoms with Gasteiger partial charge in [-0.3, -0.25) is 0 Å². The Morgan fingerprint density at radius 2 is 1.67 bits per heavy atom. The summed E-state index contributed by atoms with van der Waals surface area (Å²) in [5.41, 5.74) is 2.92. The molecule has 4 heteroatoms. The van der Waals surface area contributed by atoms with Gasteiger partial charge in [-0.2, -0.15) is 5.26 Å². The summed E-state index contributed by atoms with van der Waals surface area (Å²) in [7, 11) is -0.187. The van der Waals surface area contributed by atoms with Crippen molar-refractivity contribution in [2.45, 2.75) is 39.2 Å². The Hall–Kier alpha value is -2.09. The van der Waals surface area contributed by atoms with Crippen molar-refractivity contribution < 1.29 is 9.47 Å². The standard InChI is InChI=1S/C23H31NO2Si/c1-3-19(2)5-4-14-25-18-27-16-15-26-23-12-10-22(11-13-23)21-8-6-20(17-24)7-9-21/h6-13,19H,3-5,14-16,18,27H2,1-2H3. The first kappa shape index (κ1) is 21.2. The lowest BCUT2D eigenvalue weighted by Gasteiger charge is -2.09. The van der Waals surface area contributed by atoms with Crippen molar-refractivity contribution in [1.29, 1.82) is 5.26 Å². The van der Waals surface area contributed by atoms with Gasteiger partial charge in [0.05, 0.1) is 27.8 Å². The van der Waals surface area contributed by atoms with E-state index in [0.717, 1.165) is 48.3 Å². The summed E-state index contributed by atoms with van der Waals surface area (Å²) in [6.45, 7) is 6.25. The monoisotopic (exact) mass is 381 g/mol. The molecule has 0 saturated carbocycles. The maximum absolute atomic E-state index is 8.87. The maximum atomic E-state index is 8.87. The van der Waals surface area contributed by atoms with Crippen LogP contribution in [0.5, 0.6) is 5.75 Å². The zero-order valence-corrected chi connectivity index (χ0v) is 18.0. The van der Waals surface area contributed by atoms with Gasteiger partial charge in [0.2, 0.25) is 0 Å². The second-order valence-electron chi connectivity index (χ2n) is 7.04. The van der Waals surface area contributed by atoms with Gasteiger partial charge in [-0.05, 0) is 60.2 Å².